The van der Waals surface area contributed by atoms with Crippen LogP contribution in [0.5, 0.6) is 0 Å². The minimum atomic E-state index is 0.142. The third-order valence-corrected chi connectivity index (χ3v) is 3.60. The molecule has 0 amide bonds. The van der Waals surface area contributed by atoms with Crippen molar-refractivity contribution in [2.45, 2.75) is 19.8 Å². The first-order valence-electron chi connectivity index (χ1n) is 5.91. The Bertz CT molecular complexity index is 336. The van der Waals surface area contributed by atoms with Crippen LogP contribution in [0.4, 0.5) is 4.39 Å². The van der Waals surface area contributed by atoms with Gasteiger partial charge in [-0.2, -0.15) is 0 Å². The molecule has 2 rings (SSSR count). The van der Waals surface area contributed by atoms with Crippen LogP contribution in [0, 0.1) is 5.41 Å². The Kier molecular flexibility index (Phi) is 3.44. The van der Waals surface area contributed by atoms with Gasteiger partial charge in [0.15, 0.2) is 0 Å². The lowest BCUT2D eigenvalue weighted by atomic mass is 9.74. The zero-order chi connectivity index (χ0) is 11.4. The molecule has 0 radical (unpaired) electrons. The topological polar surface area (TPSA) is 24.1 Å². The second kappa shape index (κ2) is 4.83. The first kappa shape index (κ1) is 11.4. The number of allylic oxidation sites excluding steroid dienone is 3. The standard InChI is InChI=1S/C13H19FN2/c1-2-3-12-11(4-7-14)13(10-16-12)5-8-15-9-6-13/h2-4,7,15-16H,5-6,8-10H2,1H3/b3-2-,7-4+. The molecule has 16 heavy (non-hydrogen) atoms. The molecule has 2 aliphatic rings. The Morgan fingerprint density at radius 1 is 1.25 bits per heavy atom. The van der Waals surface area contributed by atoms with Crippen LogP contribution in [0.2, 0.25) is 0 Å². The maximum Gasteiger partial charge on any atom is 0.0870 e. The predicted molar refractivity (Wildman–Crippen MR) is 64.6 cm³/mol. The van der Waals surface area contributed by atoms with Gasteiger partial charge in [-0.25, -0.2) is 4.39 Å². The zero-order valence-corrected chi connectivity index (χ0v) is 9.72. The minimum absolute atomic E-state index is 0.142. The van der Waals surface area contributed by atoms with Crippen LogP contribution in [-0.4, -0.2) is 19.6 Å². The molecule has 0 aromatic carbocycles. The Labute approximate surface area is 96.3 Å². The van der Waals surface area contributed by atoms with E-state index in [0.717, 1.165) is 43.7 Å². The number of hydrogen-bond donors (Lipinski definition) is 2. The molecule has 2 aliphatic heterocycles. The van der Waals surface area contributed by atoms with Crippen LogP contribution >= 0.6 is 0 Å². The lowest BCUT2D eigenvalue weighted by Crippen LogP contribution is -2.39. The number of nitrogens with one attached hydrogen (secondary N) is 2. The summed E-state index contributed by atoms with van der Waals surface area (Å²) in [5.74, 6) is 0. The number of hydrogen-bond acceptors (Lipinski definition) is 2. The molecular weight excluding hydrogens is 203 g/mol. The second-order valence-corrected chi connectivity index (χ2v) is 4.50. The van der Waals surface area contributed by atoms with E-state index in [1.807, 2.05) is 19.1 Å². The van der Waals surface area contributed by atoms with Crippen molar-refractivity contribution in [1.82, 2.24) is 10.6 Å². The average Bonchev–Trinajstić information content (AvgIpc) is 2.61. The molecule has 0 aliphatic carbocycles. The maximum atomic E-state index is 12.5. The van der Waals surface area contributed by atoms with Crippen LogP contribution in [0.1, 0.15) is 19.8 Å². The first-order valence-corrected chi connectivity index (χ1v) is 5.91. The Morgan fingerprint density at radius 3 is 2.62 bits per heavy atom. The van der Waals surface area contributed by atoms with Gasteiger partial charge in [-0.3, -0.25) is 0 Å². The lowest BCUT2D eigenvalue weighted by Gasteiger charge is -2.34. The first-order chi connectivity index (χ1) is 7.82. The van der Waals surface area contributed by atoms with E-state index in [1.165, 1.54) is 0 Å². The van der Waals surface area contributed by atoms with Crippen molar-refractivity contribution >= 4 is 0 Å². The Hall–Kier alpha value is -1.09. The molecule has 1 fully saturated rings. The fourth-order valence-corrected chi connectivity index (χ4v) is 2.74. The van der Waals surface area contributed by atoms with Crippen LogP contribution < -0.4 is 10.6 Å². The SMILES string of the molecule is C/C=C\C1=C(/C=C/F)C2(CCNCC2)CN1. The van der Waals surface area contributed by atoms with Crippen LogP contribution in [0.25, 0.3) is 0 Å². The lowest BCUT2D eigenvalue weighted by molar-refractivity contribution is 0.273. The molecule has 0 aromatic heterocycles. The van der Waals surface area contributed by atoms with Crippen LogP contribution in [-0.2, 0) is 0 Å². The van der Waals surface area contributed by atoms with Crippen molar-refractivity contribution in [3.05, 3.63) is 35.8 Å². The molecule has 2 nitrogen and oxygen atoms in total. The van der Waals surface area contributed by atoms with Gasteiger partial charge in [0.05, 0.1) is 6.33 Å². The molecule has 1 saturated heterocycles. The van der Waals surface area contributed by atoms with E-state index in [9.17, 15) is 4.39 Å². The number of piperidine rings is 1. The van der Waals surface area contributed by atoms with Gasteiger partial charge >= 0.3 is 0 Å². The molecule has 2 N–H and O–H groups in total. The van der Waals surface area contributed by atoms with E-state index < -0.39 is 0 Å². The third kappa shape index (κ3) is 1.92. The van der Waals surface area contributed by atoms with Gasteiger partial charge in [-0.15, -0.1) is 0 Å². The summed E-state index contributed by atoms with van der Waals surface area (Å²) < 4.78 is 12.5. The van der Waals surface area contributed by atoms with E-state index >= 15 is 0 Å². The Balaban J connectivity index is 2.33. The molecular formula is C13H19FN2. The molecule has 0 bridgehead atoms. The van der Waals surface area contributed by atoms with E-state index in [0.29, 0.717) is 6.33 Å². The highest BCUT2D eigenvalue weighted by atomic mass is 19.1. The van der Waals surface area contributed by atoms with Gasteiger partial charge in [-0.05, 0) is 50.6 Å². The van der Waals surface area contributed by atoms with Crippen molar-refractivity contribution in [2.24, 2.45) is 5.41 Å². The molecule has 0 aromatic rings. The highest BCUT2D eigenvalue weighted by Crippen LogP contribution is 2.42. The van der Waals surface area contributed by atoms with E-state index in [1.54, 1.807) is 6.08 Å². The minimum Gasteiger partial charge on any atom is -0.384 e. The summed E-state index contributed by atoms with van der Waals surface area (Å²) in [6.45, 7) is 4.97. The van der Waals surface area contributed by atoms with Crippen LogP contribution in [0.15, 0.2) is 35.8 Å². The van der Waals surface area contributed by atoms with Gasteiger partial charge in [0.1, 0.15) is 0 Å². The van der Waals surface area contributed by atoms with E-state index in [-0.39, 0.29) is 5.41 Å². The van der Waals surface area contributed by atoms with Crippen molar-refractivity contribution in [3.8, 4) is 0 Å². The molecule has 2 heterocycles. The number of rotatable bonds is 2. The van der Waals surface area contributed by atoms with Gasteiger partial charge in [-0.1, -0.05) is 6.08 Å². The molecule has 0 atom stereocenters. The Morgan fingerprint density at radius 2 is 2.00 bits per heavy atom. The molecule has 1 spiro atoms. The van der Waals surface area contributed by atoms with E-state index in [2.05, 4.69) is 10.6 Å². The molecule has 3 heteroatoms. The maximum absolute atomic E-state index is 12.5. The fourth-order valence-electron chi connectivity index (χ4n) is 2.74. The summed E-state index contributed by atoms with van der Waals surface area (Å²) in [5.41, 5.74) is 2.36. The van der Waals surface area contributed by atoms with Crippen molar-refractivity contribution < 1.29 is 4.39 Å². The second-order valence-electron chi connectivity index (χ2n) is 4.50. The summed E-state index contributed by atoms with van der Waals surface area (Å²) >= 11 is 0. The van der Waals surface area contributed by atoms with Gasteiger partial charge in [0, 0.05) is 17.7 Å². The summed E-state index contributed by atoms with van der Waals surface area (Å²) in [5, 5.41) is 6.76. The molecule has 88 valence electrons. The van der Waals surface area contributed by atoms with Crippen LogP contribution in [0.3, 0.4) is 0 Å². The summed E-state index contributed by atoms with van der Waals surface area (Å²) in [7, 11) is 0. The van der Waals surface area contributed by atoms with Crippen molar-refractivity contribution in [3.63, 3.8) is 0 Å². The largest absolute Gasteiger partial charge is 0.384 e. The average molecular weight is 222 g/mol. The summed E-state index contributed by atoms with van der Waals surface area (Å²) in [6.07, 6.45) is 8.48. The normalized spacial score (nSPS) is 24.9. The van der Waals surface area contributed by atoms with Crippen molar-refractivity contribution in [2.75, 3.05) is 19.6 Å². The highest BCUT2D eigenvalue weighted by molar-refractivity contribution is 5.41. The predicted octanol–water partition coefficient (Wildman–Crippen LogP) is 2.27. The van der Waals surface area contributed by atoms with Gasteiger partial charge in [0.25, 0.3) is 0 Å². The third-order valence-electron chi connectivity index (χ3n) is 3.60. The van der Waals surface area contributed by atoms with Gasteiger partial charge in [0.2, 0.25) is 0 Å². The summed E-state index contributed by atoms with van der Waals surface area (Å²) in [6, 6.07) is 0. The van der Waals surface area contributed by atoms with E-state index in [4.69, 9.17) is 0 Å². The quantitative estimate of drug-likeness (QED) is 0.749. The zero-order valence-electron chi connectivity index (χ0n) is 9.72. The monoisotopic (exact) mass is 222 g/mol. The molecule has 0 unspecified atom stereocenters. The number of halogens is 1. The fraction of sp³-hybridized carbons (Fsp3) is 0.538. The van der Waals surface area contributed by atoms with Crippen molar-refractivity contribution in [1.29, 1.82) is 0 Å². The smallest absolute Gasteiger partial charge is 0.0870 e. The summed E-state index contributed by atoms with van der Waals surface area (Å²) in [4.78, 5) is 0. The van der Waals surface area contributed by atoms with Gasteiger partial charge < -0.3 is 10.6 Å². The highest BCUT2D eigenvalue weighted by Gasteiger charge is 2.39. The molecule has 0 saturated carbocycles.